The second-order valence-corrected chi connectivity index (χ2v) is 11.4. The highest BCUT2D eigenvalue weighted by Crippen LogP contribution is 2.26. The Morgan fingerprint density at radius 2 is 1.61 bits per heavy atom. The second-order valence-electron chi connectivity index (χ2n) is 9.51. The summed E-state index contributed by atoms with van der Waals surface area (Å²) in [6.45, 7) is 11.3. The summed E-state index contributed by atoms with van der Waals surface area (Å²) in [6, 6.07) is 13.0. The van der Waals surface area contributed by atoms with Gasteiger partial charge in [0, 0.05) is 18.7 Å². The predicted molar refractivity (Wildman–Crippen MR) is 125 cm³/mol. The molecular weight excluding hydrogens is 408 g/mol. The molecule has 6 heteroatoms. The average molecular weight is 443 g/mol. The van der Waals surface area contributed by atoms with Crippen molar-refractivity contribution >= 4 is 15.9 Å². The Balaban J connectivity index is 1.78. The fraction of sp³-hybridized carbons (Fsp3) is 0.480. The van der Waals surface area contributed by atoms with Crippen LogP contribution in [0.4, 0.5) is 0 Å². The van der Waals surface area contributed by atoms with Gasteiger partial charge in [0.25, 0.3) is 5.91 Å². The van der Waals surface area contributed by atoms with Crippen LogP contribution in [-0.4, -0.2) is 31.7 Å². The average Bonchev–Trinajstić information content (AvgIpc) is 2.74. The third-order valence-corrected chi connectivity index (χ3v) is 8.05. The van der Waals surface area contributed by atoms with Gasteiger partial charge in [-0.1, -0.05) is 57.5 Å². The van der Waals surface area contributed by atoms with E-state index in [1.54, 1.807) is 23.4 Å². The Labute approximate surface area is 186 Å². The van der Waals surface area contributed by atoms with Gasteiger partial charge in [0.05, 0.1) is 10.9 Å². The molecule has 1 N–H and O–H groups in total. The van der Waals surface area contributed by atoms with Crippen molar-refractivity contribution in [1.29, 1.82) is 0 Å². The fourth-order valence-corrected chi connectivity index (χ4v) is 5.67. The summed E-state index contributed by atoms with van der Waals surface area (Å²) >= 11 is 0. The van der Waals surface area contributed by atoms with E-state index < -0.39 is 10.0 Å². The predicted octanol–water partition coefficient (Wildman–Crippen LogP) is 4.96. The molecule has 1 aliphatic heterocycles. The number of aryl methyl sites for hydroxylation is 1. The van der Waals surface area contributed by atoms with E-state index in [1.165, 1.54) is 11.6 Å². The summed E-state index contributed by atoms with van der Waals surface area (Å²) in [5.41, 5.74) is 3.34. The number of rotatable bonds is 5. The Bertz CT molecular complexity index is 1030. The SMILES string of the molecule is Cc1ccc(C(=O)N[C@H](C)c2ccc(C(C)(C)C)cc2)cc1S(=O)(=O)N1CCCCC1. The third-order valence-electron chi connectivity index (χ3n) is 6.01. The van der Waals surface area contributed by atoms with Crippen molar-refractivity contribution in [3.05, 3.63) is 64.7 Å². The fourth-order valence-electron chi connectivity index (χ4n) is 3.90. The van der Waals surface area contributed by atoms with Crippen LogP contribution in [0.1, 0.15) is 80.0 Å². The summed E-state index contributed by atoms with van der Waals surface area (Å²) in [4.78, 5) is 13.1. The zero-order valence-corrected chi connectivity index (χ0v) is 20.1. The van der Waals surface area contributed by atoms with E-state index in [0.717, 1.165) is 24.8 Å². The van der Waals surface area contributed by atoms with E-state index in [9.17, 15) is 13.2 Å². The number of nitrogens with zero attached hydrogens (tertiary/aromatic N) is 1. The minimum absolute atomic E-state index is 0.0726. The molecule has 1 fully saturated rings. The molecule has 1 amide bonds. The van der Waals surface area contributed by atoms with Crippen LogP contribution in [0.15, 0.2) is 47.4 Å². The van der Waals surface area contributed by atoms with E-state index in [1.807, 2.05) is 19.1 Å². The molecule has 1 saturated heterocycles. The van der Waals surface area contributed by atoms with E-state index in [0.29, 0.717) is 24.2 Å². The van der Waals surface area contributed by atoms with Crippen LogP contribution in [0, 0.1) is 6.92 Å². The minimum atomic E-state index is -3.59. The first-order chi connectivity index (χ1) is 14.5. The van der Waals surface area contributed by atoms with Gasteiger partial charge in [0.1, 0.15) is 0 Å². The van der Waals surface area contributed by atoms with E-state index in [2.05, 4.69) is 38.2 Å². The molecule has 0 radical (unpaired) electrons. The molecular formula is C25H34N2O3S. The van der Waals surface area contributed by atoms with Gasteiger partial charge in [-0.15, -0.1) is 0 Å². The second kappa shape index (κ2) is 9.13. The molecule has 0 saturated carbocycles. The molecule has 0 spiro atoms. The van der Waals surface area contributed by atoms with Crippen LogP contribution in [0.25, 0.3) is 0 Å². The monoisotopic (exact) mass is 442 g/mol. The number of hydrogen-bond acceptors (Lipinski definition) is 3. The largest absolute Gasteiger partial charge is 0.346 e. The number of hydrogen-bond donors (Lipinski definition) is 1. The van der Waals surface area contributed by atoms with Crippen molar-refractivity contribution < 1.29 is 13.2 Å². The normalized spacial score (nSPS) is 16.7. The van der Waals surface area contributed by atoms with Crippen LogP contribution < -0.4 is 5.32 Å². The Morgan fingerprint density at radius 1 is 1.00 bits per heavy atom. The maximum absolute atomic E-state index is 13.1. The first-order valence-electron chi connectivity index (χ1n) is 11.0. The number of piperidine rings is 1. The van der Waals surface area contributed by atoms with Gasteiger partial charge in [-0.25, -0.2) is 8.42 Å². The number of carbonyl (C=O) groups excluding carboxylic acids is 1. The quantitative estimate of drug-likeness (QED) is 0.712. The molecule has 1 atom stereocenters. The van der Waals surface area contributed by atoms with Gasteiger partial charge in [-0.3, -0.25) is 4.79 Å². The molecule has 1 heterocycles. The zero-order chi connectivity index (χ0) is 22.8. The number of benzene rings is 2. The molecule has 3 rings (SSSR count). The summed E-state index contributed by atoms with van der Waals surface area (Å²) in [5, 5.41) is 3.00. The molecule has 2 aromatic carbocycles. The maximum Gasteiger partial charge on any atom is 0.251 e. The molecule has 5 nitrogen and oxygen atoms in total. The number of nitrogens with one attached hydrogen (secondary N) is 1. The summed E-state index contributed by atoms with van der Waals surface area (Å²) in [6.07, 6.45) is 2.82. The molecule has 2 aromatic rings. The van der Waals surface area contributed by atoms with Gasteiger partial charge in [0.2, 0.25) is 10.0 Å². The van der Waals surface area contributed by atoms with Crippen LogP contribution >= 0.6 is 0 Å². The third kappa shape index (κ3) is 5.36. The van der Waals surface area contributed by atoms with Crippen molar-refractivity contribution in [2.45, 2.75) is 70.2 Å². The van der Waals surface area contributed by atoms with Gasteiger partial charge >= 0.3 is 0 Å². The minimum Gasteiger partial charge on any atom is -0.346 e. The number of sulfonamides is 1. The Hall–Kier alpha value is -2.18. The van der Waals surface area contributed by atoms with Gasteiger partial charge < -0.3 is 5.32 Å². The number of amides is 1. The van der Waals surface area contributed by atoms with Gasteiger partial charge in [-0.2, -0.15) is 4.31 Å². The maximum atomic E-state index is 13.1. The highest BCUT2D eigenvalue weighted by atomic mass is 32.2. The van der Waals surface area contributed by atoms with Crippen LogP contribution in [0.2, 0.25) is 0 Å². The molecule has 168 valence electrons. The van der Waals surface area contributed by atoms with Crippen LogP contribution in [0.3, 0.4) is 0 Å². The Kier molecular flexibility index (Phi) is 6.92. The van der Waals surface area contributed by atoms with Crippen molar-refractivity contribution in [2.75, 3.05) is 13.1 Å². The van der Waals surface area contributed by atoms with Crippen molar-refractivity contribution in [1.82, 2.24) is 9.62 Å². The molecule has 0 bridgehead atoms. The lowest BCUT2D eigenvalue weighted by Crippen LogP contribution is -2.36. The van der Waals surface area contributed by atoms with E-state index >= 15 is 0 Å². The van der Waals surface area contributed by atoms with Crippen LogP contribution in [-0.2, 0) is 15.4 Å². The first-order valence-corrected chi connectivity index (χ1v) is 12.5. The Morgan fingerprint density at radius 3 is 2.19 bits per heavy atom. The van der Waals surface area contributed by atoms with Crippen molar-refractivity contribution in [3.63, 3.8) is 0 Å². The lowest BCUT2D eigenvalue weighted by Gasteiger charge is -2.26. The van der Waals surface area contributed by atoms with Gasteiger partial charge in [0.15, 0.2) is 0 Å². The van der Waals surface area contributed by atoms with Crippen molar-refractivity contribution in [2.24, 2.45) is 0 Å². The molecule has 1 aliphatic rings. The topological polar surface area (TPSA) is 66.5 Å². The lowest BCUT2D eigenvalue weighted by atomic mass is 9.86. The first kappa shape index (κ1) is 23.5. The smallest absolute Gasteiger partial charge is 0.251 e. The standard InChI is InChI=1S/C25H34N2O3S/c1-18-9-10-21(17-23(18)31(29,30)27-15-7-6-8-16-27)24(28)26-19(2)20-11-13-22(14-12-20)25(3,4)5/h9-14,17,19H,6-8,15-16H2,1-5H3,(H,26,28)/t19-/m1/s1. The van der Waals surface area contributed by atoms with E-state index in [-0.39, 0.29) is 22.3 Å². The lowest BCUT2D eigenvalue weighted by molar-refractivity contribution is 0.0939. The van der Waals surface area contributed by atoms with E-state index in [4.69, 9.17) is 0 Å². The molecule has 0 aromatic heterocycles. The molecule has 0 unspecified atom stereocenters. The summed E-state index contributed by atoms with van der Waals surface area (Å²) < 4.78 is 27.8. The molecule has 0 aliphatic carbocycles. The molecule has 31 heavy (non-hydrogen) atoms. The highest BCUT2D eigenvalue weighted by Gasteiger charge is 2.28. The summed E-state index contributed by atoms with van der Waals surface area (Å²) in [5.74, 6) is -0.275. The zero-order valence-electron chi connectivity index (χ0n) is 19.2. The number of carbonyl (C=O) groups is 1. The van der Waals surface area contributed by atoms with Gasteiger partial charge in [-0.05, 0) is 60.9 Å². The van der Waals surface area contributed by atoms with Crippen molar-refractivity contribution in [3.8, 4) is 0 Å². The van der Waals surface area contributed by atoms with Crippen LogP contribution in [0.5, 0.6) is 0 Å². The highest BCUT2D eigenvalue weighted by molar-refractivity contribution is 7.89. The summed E-state index contributed by atoms with van der Waals surface area (Å²) in [7, 11) is -3.59.